The van der Waals surface area contributed by atoms with Crippen molar-refractivity contribution in [3.05, 3.63) is 106 Å². The van der Waals surface area contributed by atoms with E-state index in [1.54, 1.807) is 29.2 Å². The fourth-order valence-corrected chi connectivity index (χ4v) is 5.23. The number of amides is 3. The quantitative estimate of drug-likeness (QED) is 0.404. The predicted molar refractivity (Wildman–Crippen MR) is 140 cm³/mol. The van der Waals surface area contributed by atoms with Crippen molar-refractivity contribution in [2.45, 2.75) is 23.7 Å². The molecule has 0 saturated carbocycles. The molecule has 198 valence electrons. The first kappa shape index (κ1) is 26.3. The summed E-state index contributed by atoms with van der Waals surface area (Å²) in [5.41, 5.74) is 1.57. The lowest BCUT2D eigenvalue weighted by Crippen LogP contribution is -2.47. The van der Waals surface area contributed by atoms with Crippen LogP contribution >= 0.6 is 11.9 Å². The van der Waals surface area contributed by atoms with Gasteiger partial charge in [-0.2, -0.15) is 18.4 Å². The number of halogens is 3. The molecule has 0 fully saturated rings. The summed E-state index contributed by atoms with van der Waals surface area (Å²) in [6.45, 7) is 0.290. The summed E-state index contributed by atoms with van der Waals surface area (Å²) in [5, 5.41) is 11.9. The molecule has 11 heteroatoms. The summed E-state index contributed by atoms with van der Waals surface area (Å²) in [4.78, 5) is 30.9. The molecule has 2 heterocycles. The van der Waals surface area contributed by atoms with Gasteiger partial charge >= 0.3 is 12.2 Å². The van der Waals surface area contributed by atoms with Crippen LogP contribution in [-0.4, -0.2) is 30.4 Å². The highest BCUT2D eigenvalue weighted by Gasteiger charge is 2.45. The van der Waals surface area contributed by atoms with Gasteiger partial charge in [0.25, 0.3) is 5.91 Å². The zero-order valence-electron chi connectivity index (χ0n) is 20.6. The van der Waals surface area contributed by atoms with Crippen molar-refractivity contribution >= 4 is 29.6 Å². The molecule has 7 nitrogen and oxygen atoms in total. The van der Waals surface area contributed by atoms with Gasteiger partial charge in [-0.25, -0.2) is 4.79 Å². The number of nitrogens with zero attached hydrogens (tertiary/aromatic N) is 3. The van der Waals surface area contributed by atoms with E-state index >= 15 is 0 Å². The topological polar surface area (TPSA) is 88.5 Å². The highest BCUT2D eigenvalue weighted by Crippen LogP contribution is 2.40. The highest BCUT2D eigenvalue weighted by molar-refractivity contribution is 7.97. The van der Waals surface area contributed by atoms with Crippen molar-refractivity contribution in [2.75, 3.05) is 18.5 Å². The Balaban J connectivity index is 1.54. The summed E-state index contributed by atoms with van der Waals surface area (Å²) in [6, 6.07) is 19.2. The van der Waals surface area contributed by atoms with Gasteiger partial charge in [0.2, 0.25) is 0 Å². The maximum Gasteiger partial charge on any atom is 0.416 e. The second kappa shape index (κ2) is 10.5. The van der Waals surface area contributed by atoms with Crippen LogP contribution in [0.3, 0.4) is 0 Å². The van der Waals surface area contributed by atoms with Crippen LogP contribution in [0.5, 0.6) is 0 Å². The molecule has 3 amide bonds. The smallest absolute Gasteiger partial charge is 0.329 e. The highest BCUT2D eigenvalue weighted by atomic mass is 32.2. The lowest BCUT2D eigenvalue weighted by atomic mass is 9.94. The number of hydrogen-bond acceptors (Lipinski definition) is 5. The maximum absolute atomic E-state index is 13.8. The van der Waals surface area contributed by atoms with E-state index < -0.39 is 23.8 Å². The van der Waals surface area contributed by atoms with Crippen LogP contribution in [-0.2, 0) is 17.5 Å². The first-order chi connectivity index (χ1) is 18.7. The van der Waals surface area contributed by atoms with Gasteiger partial charge in [0, 0.05) is 11.4 Å². The molecule has 39 heavy (non-hydrogen) atoms. The minimum Gasteiger partial charge on any atom is -0.329 e. The first-order valence-corrected chi connectivity index (χ1v) is 12.7. The van der Waals surface area contributed by atoms with Crippen LogP contribution in [0.4, 0.5) is 23.7 Å². The molecule has 3 aromatic carbocycles. The molecule has 2 N–H and O–H groups in total. The first-order valence-electron chi connectivity index (χ1n) is 11.9. The van der Waals surface area contributed by atoms with Gasteiger partial charge in [0.1, 0.15) is 0 Å². The zero-order valence-corrected chi connectivity index (χ0v) is 21.4. The Morgan fingerprint density at radius 1 is 1.08 bits per heavy atom. The van der Waals surface area contributed by atoms with Gasteiger partial charge in [0.05, 0.1) is 46.7 Å². The molecule has 0 spiro atoms. The molecular weight excluding hydrogens is 527 g/mol. The van der Waals surface area contributed by atoms with Gasteiger partial charge in [-0.1, -0.05) is 30.3 Å². The Labute approximate surface area is 227 Å². The summed E-state index contributed by atoms with van der Waals surface area (Å²) < 4.78 is 43.4. The number of nitriles is 1. The molecule has 0 unspecified atom stereocenters. The number of hydrogen-bond donors (Lipinski definition) is 2. The van der Waals surface area contributed by atoms with E-state index in [9.17, 15) is 22.8 Å². The average Bonchev–Trinajstić information content (AvgIpc) is 3.24. The van der Waals surface area contributed by atoms with Crippen LogP contribution in [0.1, 0.15) is 28.3 Å². The fraction of sp³-hybridized carbons (Fsp3) is 0.179. The van der Waals surface area contributed by atoms with E-state index in [1.807, 2.05) is 37.4 Å². The van der Waals surface area contributed by atoms with Gasteiger partial charge in [-0.15, -0.1) is 0 Å². The summed E-state index contributed by atoms with van der Waals surface area (Å²) in [5.74, 6) is -0.329. The number of carbonyl (C=O) groups excluding carboxylic acids is 2. The third-order valence-corrected chi connectivity index (χ3v) is 7.23. The van der Waals surface area contributed by atoms with Crippen molar-refractivity contribution in [3.63, 3.8) is 0 Å². The molecule has 5 rings (SSSR count). The summed E-state index contributed by atoms with van der Waals surface area (Å²) >= 11 is 1.45. The fourth-order valence-electron chi connectivity index (χ4n) is 4.72. The third kappa shape index (κ3) is 5.21. The molecule has 0 aliphatic carbocycles. The minimum atomic E-state index is -4.60. The van der Waals surface area contributed by atoms with Crippen molar-refractivity contribution in [3.8, 4) is 6.07 Å². The van der Waals surface area contributed by atoms with E-state index in [0.717, 1.165) is 27.5 Å². The van der Waals surface area contributed by atoms with E-state index in [-0.39, 0.29) is 30.3 Å². The van der Waals surface area contributed by atoms with Crippen LogP contribution < -0.4 is 14.9 Å². The van der Waals surface area contributed by atoms with Crippen molar-refractivity contribution < 1.29 is 22.8 Å². The second-order valence-electron chi connectivity index (χ2n) is 8.97. The van der Waals surface area contributed by atoms with Crippen molar-refractivity contribution in [1.29, 1.82) is 5.26 Å². The van der Waals surface area contributed by atoms with E-state index in [2.05, 4.69) is 10.0 Å². The Hall–Kier alpha value is -4.27. The molecule has 2 aliphatic rings. The molecule has 2 aliphatic heterocycles. The number of anilines is 1. The number of rotatable bonds is 6. The Morgan fingerprint density at radius 3 is 2.44 bits per heavy atom. The number of alkyl halides is 3. The monoisotopic (exact) mass is 549 g/mol. The lowest BCUT2D eigenvalue weighted by molar-refractivity contribution is -0.137. The number of nitrogens with one attached hydrogen (secondary N) is 2. The van der Waals surface area contributed by atoms with E-state index in [4.69, 9.17) is 5.26 Å². The van der Waals surface area contributed by atoms with E-state index in [1.165, 1.54) is 24.1 Å². The average molecular weight is 550 g/mol. The molecule has 0 aromatic heterocycles. The van der Waals surface area contributed by atoms with Crippen LogP contribution in [0.15, 0.2) is 89.0 Å². The van der Waals surface area contributed by atoms with Gasteiger partial charge < -0.3 is 10.2 Å². The number of carbonyl (C=O) groups is 2. The summed E-state index contributed by atoms with van der Waals surface area (Å²) in [7, 11) is 1.81. The largest absolute Gasteiger partial charge is 0.416 e. The van der Waals surface area contributed by atoms with Crippen LogP contribution in [0, 0.1) is 11.3 Å². The molecule has 0 radical (unpaired) electrons. The van der Waals surface area contributed by atoms with Gasteiger partial charge in [0.15, 0.2) is 0 Å². The number of urea groups is 1. The van der Waals surface area contributed by atoms with Crippen LogP contribution in [0.25, 0.3) is 0 Å². The SMILES string of the molecule is CNSc1ccc(CN2CC3=C(C2=O)[C@@H](c2ccc(C#N)cc2)NC(=O)N3c2cccc(C(F)(F)F)c2)cc1. The molecule has 0 saturated heterocycles. The molecule has 1 atom stereocenters. The van der Waals surface area contributed by atoms with Crippen LogP contribution in [0.2, 0.25) is 0 Å². The second-order valence-corrected chi connectivity index (χ2v) is 10.1. The Kier molecular flexibility index (Phi) is 7.08. The third-order valence-electron chi connectivity index (χ3n) is 6.52. The normalized spacial score (nSPS) is 17.3. The Bertz CT molecular complexity index is 1500. The lowest BCUT2D eigenvalue weighted by Gasteiger charge is -2.33. The molecule has 0 bridgehead atoms. The van der Waals surface area contributed by atoms with Gasteiger partial charge in [-0.05, 0) is 72.6 Å². The molecule has 3 aromatic rings. The minimum absolute atomic E-state index is 0.0104. The van der Waals surface area contributed by atoms with E-state index in [0.29, 0.717) is 16.8 Å². The van der Waals surface area contributed by atoms with Crippen molar-refractivity contribution in [2.24, 2.45) is 0 Å². The predicted octanol–water partition coefficient (Wildman–Crippen LogP) is 5.37. The molecular formula is C28H22F3N5O2S. The standard InChI is InChI=1S/C28H22F3N5O2S/c1-33-39-22-11-7-18(8-12-22)15-35-16-23-24(26(35)37)25(19-9-5-17(14-32)6-10-19)34-27(38)36(23)21-4-2-3-20(13-21)28(29,30)31/h2-13,25,33H,15-16H2,1H3,(H,34,38)/t25-/m1/s1. The number of benzene rings is 3. The maximum atomic E-state index is 13.8. The zero-order chi connectivity index (χ0) is 27.7. The Morgan fingerprint density at radius 2 is 1.79 bits per heavy atom. The summed E-state index contributed by atoms with van der Waals surface area (Å²) in [6.07, 6.45) is -4.60. The van der Waals surface area contributed by atoms with Gasteiger partial charge in [-0.3, -0.25) is 14.4 Å². The van der Waals surface area contributed by atoms with Crippen molar-refractivity contribution in [1.82, 2.24) is 14.9 Å².